The summed E-state index contributed by atoms with van der Waals surface area (Å²) < 4.78 is 33.2. The summed E-state index contributed by atoms with van der Waals surface area (Å²) in [5.74, 6) is -3.17. The van der Waals surface area contributed by atoms with Crippen molar-refractivity contribution in [2.45, 2.75) is 235 Å². The minimum Gasteiger partial charge on any atom is -0.445 e. The summed E-state index contributed by atoms with van der Waals surface area (Å²) in [5, 5.41) is 11.2. The second kappa shape index (κ2) is 47.4. The van der Waals surface area contributed by atoms with E-state index in [-0.39, 0.29) is 120 Å². The van der Waals surface area contributed by atoms with Gasteiger partial charge in [-0.25, -0.2) is 17.9 Å². The summed E-state index contributed by atoms with van der Waals surface area (Å²) in [6.07, 6.45) is 11.4. The molecule has 0 saturated carbocycles. The summed E-state index contributed by atoms with van der Waals surface area (Å²) >= 11 is 0. The zero-order valence-corrected chi connectivity index (χ0v) is 67.1. The lowest BCUT2D eigenvalue weighted by atomic mass is 9.93. The molecule has 4 unspecified atom stereocenters. The minimum absolute atomic E-state index is 0.00931. The molecule has 0 aromatic heterocycles. The molecule has 25 nitrogen and oxygen atoms in total. The highest BCUT2D eigenvalue weighted by atomic mass is 32.2. The van der Waals surface area contributed by atoms with Gasteiger partial charge in [0.1, 0.15) is 30.0 Å². The summed E-state index contributed by atoms with van der Waals surface area (Å²) in [7, 11) is 2.73. The van der Waals surface area contributed by atoms with E-state index in [1.807, 2.05) is 44.2 Å². The number of amides is 4. The van der Waals surface area contributed by atoms with E-state index in [4.69, 9.17) is 4.74 Å². The smallest absolute Gasteiger partial charge is 0.407 e. The van der Waals surface area contributed by atoms with Gasteiger partial charge in [0.15, 0.2) is 17.3 Å². The Bertz CT molecular complexity index is 2910. The standard InChI is InChI=1S/C36H57N5O6.C22H42N4O4S.C20H37N3O3/c1-26(2)32(42)23-31(34(44)27(3)4)39-35(45)30(15-9-10-18-37-36(46)47-25-28-13-7-5-8-14-28)38-33(43)24-40-21-16-29(17-22-40)41-19-11-6-12-20-41;1-17(2)21(27)16-20(22(28)18(3)4)23-31(29,30)15-14-25-8-6-19(7-9-25)26-12-10-24(5)11-13-26;1-14(2)18(24)13-17(20(26)15(3)4)21-19(25)9-12-23-10-7-16(8-11-23)22(5)6/h5,7-8,13-14,26-27,29-31H,6,9-12,15-25H2,1-4H3,(H,37,46)(H,38,43)(H,39,45);17-20,23H,6-16H2,1-5H3;14-17H,7-13H2,1-6H3,(H,21,25). The molecule has 0 radical (unpaired) electrons. The maximum Gasteiger partial charge on any atom is 0.407 e. The number of nitrogens with one attached hydrogen (secondary N) is 5. The average molecular weight is 1480 g/mol. The first kappa shape index (κ1) is 90.9. The number of likely N-dealkylation sites (tertiary alicyclic amines) is 4. The number of nitrogens with zero attached hydrogens (tertiary/aromatic N) is 7. The molecule has 5 heterocycles. The van der Waals surface area contributed by atoms with Crippen LogP contribution in [0.15, 0.2) is 30.3 Å². The number of Topliss-reactive ketones (excluding diaryl/α,β-unsaturated/α-hetero) is 6. The number of sulfonamides is 1. The highest BCUT2D eigenvalue weighted by Gasteiger charge is 2.35. The number of carbonyl (C=O) groups is 10. The molecule has 592 valence electrons. The molecule has 4 amide bonds. The highest BCUT2D eigenvalue weighted by molar-refractivity contribution is 7.89. The third-order valence-corrected chi connectivity index (χ3v) is 22.3. The zero-order valence-electron chi connectivity index (χ0n) is 66.3. The number of piperazine rings is 1. The number of ether oxygens (including phenoxy) is 1. The summed E-state index contributed by atoms with van der Waals surface area (Å²) in [4.78, 5) is 142. The van der Waals surface area contributed by atoms with Crippen molar-refractivity contribution in [3.05, 3.63) is 35.9 Å². The summed E-state index contributed by atoms with van der Waals surface area (Å²) in [6, 6.07) is 7.69. The third kappa shape index (κ3) is 34.6. The van der Waals surface area contributed by atoms with E-state index in [1.165, 1.54) is 19.3 Å². The predicted octanol–water partition coefficient (Wildman–Crippen LogP) is 6.40. The van der Waals surface area contributed by atoms with Crippen LogP contribution in [0.4, 0.5) is 4.79 Å². The van der Waals surface area contributed by atoms with Crippen LogP contribution in [-0.2, 0) is 64.5 Å². The van der Waals surface area contributed by atoms with E-state index in [9.17, 15) is 56.4 Å². The Morgan fingerprint density at radius 1 is 0.500 bits per heavy atom. The Morgan fingerprint density at radius 2 is 0.952 bits per heavy atom. The van der Waals surface area contributed by atoms with Crippen LogP contribution in [0.2, 0.25) is 0 Å². The van der Waals surface area contributed by atoms with Crippen molar-refractivity contribution in [2.24, 2.45) is 35.5 Å². The molecule has 5 aliphatic heterocycles. The van der Waals surface area contributed by atoms with Crippen LogP contribution in [0.25, 0.3) is 0 Å². The Hall–Kier alpha value is -5.45. The van der Waals surface area contributed by atoms with Crippen LogP contribution in [0.3, 0.4) is 0 Å². The molecule has 26 heteroatoms. The number of rotatable bonds is 39. The maximum atomic E-state index is 13.6. The summed E-state index contributed by atoms with van der Waals surface area (Å²) in [6.45, 7) is 35.3. The van der Waals surface area contributed by atoms with Crippen molar-refractivity contribution in [1.82, 2.24) is 60.3 Å². The molecule has 5 fully saturated rings. The monoisotopic (exact) mass is 1480 g/mol. The lowest BCUT2D eigenvalue weighted by Crippen LogP contribution is -2.54. The van der Waals surface area contributed by atoms with Crippen molar-refractivity contribution in [3.8, 4) is 0 Å². The molecular weight excluding hydrogens is 1340 g/mol. The van der Waals surface area contributed by atoms with E-state index < -0.39 is 46.2 Å². The molecule has 6 rings (SSSR count). The fourth-order valence-electron chi connectivity index (χ4n) is 13.7. The molecule has 1 aromatic rings. The van der Waals surface area contributed by atoms with E-state index in [0.29, 0.717) is 63.4 Å². The predicted molar refractivity (Wildman–Crippen MR) is 409 cm³/mol. The molecule has 0 spiro atoms. The molecule has 104 heavy (non-hydrogen) atoms. The number of hydrogen-bond acceptors (Lipinski definition) is 20. The Labute approximate surface area is 624 Å². The summed E-state index contributed by atoms with van der Waals surface area (Å²) in [5.41, 5.74) is 0.892. The molecule has 1 aromatic carbocycles. The largest absolute Gasteiger partial charge is 0.445 e. The fourth-order valence-corrected chi connectivity index (χ4v) is 15.0. The Morgan fingerprint density at radius 3 is 1.45 bits per heavy atom. The second-order valence-electron chi connectivity index (χ2n) is 31.7. The molecule has 0 bridgehead atoms. The van der Waals surface area contributed by atoms with Gasteiger partial charge in [0.25, 0.3) is 0 Å². The Kier molecular flexibility index (Phi) is 41.4. The minimum atomic E-state index is -3.65. The second-order valence-corrected chi connectivity index (χ2v) is 33.6. The molecule has 5 aliphatic rings. The van der Waals surface area contributed by atoms with E-state index >= 15 is 0 Å². The van der Waals surface area contributed by atoms with Gasteiger partial charge in [-0.1, -0.05) is 120 Å². The first-order valence-electron chi connectivity index (χ1n) is 39.2. The van der Waals surface area contributed by atoms with Crippen LogP contribution < -0.4 is 26.0 Å². The molecule has 4 atom stereocenters. The van der Waals surface area contributed by atoms with Crippen LogP contribution in [0, 0.1) is 35.5 Å². The van der Waals surface area contributed by atoms with Crippen LogP contribution in [0.1, 0.15) is 191 Å². The van der Waals surface area contributed by atoms with E-state index in [2.05, 4.69) is 81.4 Å². The Balaban J connectivity index is 0.000000349. The van der Waals surface area contributed by atoms with E-state index in [1.54, 1.807) is 69.2 Å². The van der Waals surface area contributed by atoms with Gasteiger partial charge in [0.05, 0.1) is 30.4 Å². The van der Waals surface area contributed by atoms with Crippen molar-refractivity contribution in [1.29, 1.82) is 0 Å². The van der Waals surface area contributed by atoms with Crippen molar-refractivity contribution >= 4 is 68.5 Å². The van der Waals surface area contributed by atoms with Crippen molar-refractivity contribution in [2.75, 3.05) is 132 Å². The van der Waals surface area contributed by atoms with Gasteiger partial charge in [-0.05, 0) is 137 Å². The molecule has 5 saturated heterocycles. The van der Waals surface area contributed by atoms with Gasteiger partial charge in [-0.3, -0.25) is 53.0 Å². The number of carbonyl (C=O) groups excluding carboxylic acids is 10. The van der Waals surface area contributed by atoms with Crippen LogP contribution in [0.5, 0.6) is 0 Å². The fraction of sp³-hybridized carbons (Fsp3) is 0.795. The number of alkyl carbamates (subject to hydrolysis) is 1. The molecule has 5 N–H and O–H groups in total. The van der Waals surface area contributed by atoms with Gasteiger partial charge in [0.2, 0.25) is 27.7 Å². The maximum absolute atomic E-state index is 13.6. The average Bonchev–Trinajstić information content (AvgIpc) is 0.856. The van der Waals surface area contributed by atoms with Crippen LogP contribution >= 0.6 is 0 Å². The van der Waals surface area contributed by atoms with Gasteiger partial charge < -0.3 is 50.5 Å². The van der Waals surface area contributed by atoms with Gasteiger partial charge >= 0.3 is 6.09 Å². The lowest BCUT2D eigenvalue weighted by Gasteiger charge is -2.42. The van der Waals surface area contributed by atoms with Gasteiger partial charge in [-0.2, -0.15) is 0 Å². The normalized spacial score (nSPS) is 18.8. The van der Waals surface area contributed by atoms with Gasteiger partial charge in [0, 0.05) is 138 Å². The topological polar surface area (TPSA) is 297 Å². The first-order valence-corrected chi connectivity index (χ1v) is 40.8. The number of ketones is 6. The zero-order chi connectivity index (χ0) is 77.2. The number of piperidine rings is 4. The van der Waals surface area contributed by atoms with Crippen molar-refractivity contribution in [3.63, 3.8) is 0 Å². The number of hydrogen-bond donors (Lipinski definition) is 5. The van der Waals surface area contributed by atoms with Crippen LogP contribution in [-0.4, -0.2) is 275 Å². The number of benzene rings is 1. The molecule has 0 aliphatic carbocycles. The number of unbranched alkanes of at least 4 members (excludes halogenated alkanes) is 1. The van der Waals surface area contributed by atoms with E-state index in [0.717, 1.165) is 123 Å². The van der Waals surface area contributed by atoms with Gasteiger partial charge in [-0.15, -0.1) is 0 Å². The number of likely N-dealkylation sites (N-methyl/N-ethyl adjacent to an activating group) is 1. The van der Waals surface area contributed by atoms with Crippen molar-refractivity contribution < 1.29 is 61.1 Å². The lowest BCUT2D eigenvalue weighted by molar-refractivity contribution is -0.134. The third-order valence-electron chi connectivity index (χ3n) is 21.0. The quantitative estimate of drug-likeness (QED) is 0.0446. The first-order chi connectivity index (χ1) is 49.1. The highest BCUT2D eigenvalue weighted by Crippen LogP contribution is 2.23. The molecular formula is C78H136N12O13S. The SMILES string of the molecule is CC(C)C(=O)CC(NC(=O)C(CCCCNC(=O)OCc1ccccc1)NC(=O)CN1CCC(N2CCCCC2)CC1)C(=O)C(C)C.CC(C)C(=O)CC(NC(=O)CCN1CCC(N(C)C)CC1)C(=O)C(C)C.CC(C)C(=O)CC(NS(=O)(=O)CCN1CCC(N2CCN(C)CC2)CC1)C(=O)C(C)C.